The molecule has 0 aromatic heterocycles. The summed E-state index contributed by atoms with van der Waals surface area (Å²) >= 11 is 0. The lowest BCUT2D eigenvalue weighted by Gasteiger charge is -2.04. The van der Waals surface area contributed by atoms with E-state index >= 15 is 0 Å². The lowest BCUT2D eigenvalue weighted by atomic mass is 10.2. The van der Waals surface area contributed by atoms with Gasteiger partial charge in [0.05, 0.1) is 0 Å². The number of benzene rings is 1. The molecule has 0 bridgehead atoms. The van der Waals surface area contributed by atoms with Gasteiger partial charge in [0, 0.05) is 7.11 Å². The summed E-state index contributed by atoms with van der Waals surface area (Å²) in [7, 11) is 1.46. The number of ether oxygens (including phenoxy) is 1. The van der Waals surface area contributed by atoms with Crippen LogP contribution in [0.4, 0.5) is 4.39 Å². The average Bonchev–Trinajstić information content (AvgIpc) is 2.10. The van der Waals surface area contributed by atoms with Crippen molar-refractivity contribution in [3.05, 3.63) is 41.9 Å². The molecule has 0 heterocycles. The molecule has 0 aliphatic heterocycles. The van der Waals surface area contributed by atoms with E-state index in [1.807, 2.05) is 0 Å². The maximum absolute atomic E-state index is 12.5. The number of hydrogen-bond acceptors (Lipinski definition) is 1. The van der Waals surface area contributed by atoms with Crippen LogP contribution in [-0.4, -0.2) is 13.9 Å². The smallest absolute Gasteiger partial charge is 0.317 e. The third-order valence-electron chi connectivity index (χ3n) is 1.40. The Morgan fingerprint density at radius 2 is 2.00 bits per heavy atom. The molecule has 0 aliphatic rings. The van der Waals surface area contributed by atoms with E-state index in [9.17, 15) is 4.39 Å². The Morgan fingerprint density at radius 3 is 2.42 bits per heavy atom. The topological polar surface area (TPSA) is 20.5 Å². The summed E-state index contributed by atoms with van der Waals surface area (Å²) in [6, 6.07) is 5.76. The van der Waals surface area contributed by atoms with Gasteiger partial charge in [0.1, 0.15) is 5.82 Å². The summed E-state index contributed by atoms with van der Waals surface area (Å²) < 4.78 is 21.9. The van der Waals surface area contributed by atoms with Crippen molar-refractivity contribution in [2.45, 2.75) is 0 Å². The molecule has 0 saturated heterocycles. The highest BCUT2D eigenvalue weighted by atomic mass is 19.1. The van der Waals surface area contributed by atoms with Crippen LogP contribution in [0.25, 0.3) is 0 Å². The van der Waals surface area contributed by atoms with Gasteiger partial charge >= 0.3 is 6.29 Å². The number of halogens is 1. The quantitative estimate of drug-likeness (QED) is 0.496. The van der Waals surface area contributed by atoms with Crippen LogP contribution >= 0.6 is 0 Å². The van der Waals surface area contributed by atoms with E-state index in [-0.39, 0.29) is 12.1 Å². The van der Waals surface area contributed by atoms with Crippen molar-refractivity contribution in [2.75, 3.05) is 7.11 Å². The highest BCUT2D eigenvalue weighted by Gasteiger charge is 2.11. The van der Waals surface area contributed by atoms with Gasteiger partial charge in [-0.15, -0.1) is 12.1 Å². The largest absolute Gasteiger partial charge is 0.384 e. The zero-order valence-electron chi connectivity index (χ0n) is 6.71. The van der Waals surface area contributed by atoms with E-state index in [0.29, 0.717) is 5.56 Å². The second kappa shape index (κ2) is 3.88. The maximum atomic E-state index is 12.5. The van der Waals surface area contributed by atoms with Crippen molar-refractivity contribution in [1.29, 1.82) is 0 Å². The van der Waals surface area contributed by atoms with Crippen molar-refractivity contribution >= 4 is 6.79 Å². The van der Waals surface area contributed by atoms with Crippen LogP contribution in [0.1, 0.15) is 5.56 Å². The van der Waals surface area contributed by atoms with Crippen LogP contribution in [0, 0.1) is 12.1 Å². The number of hydrogen-bond donors (Lipinski definition) is 0. The first-order valence-corrected chi connectivity index (χ1v) is 3.37. The average molecular weight is 168 g/mol. The second-order valence-electron chi connectivity index (χ2n) is 2.14. The predicted octanol–water partition coefficient (Wildman–Crippen LogP) is 1.67. The summed E-state index contributed by atoms with van der Waals surface area (Å²) in [5.74, 6) is -0.293. The van der Waals surface area contributed by atoms with E-state index in [1.54, 1.807) is 12.1 Å². The SMILES string of the molecule is C=[O+][C-](OC)c1ccc(F)cc1. The zero-order chi connectivity index (χ0) is 8.97. The van der Waals surface area contributed by atoms with Crippen LogP contribution in [0.2, 0.25) is 0 Å². The summed E-state index contributed by atoms with van der Waals surface area (Å²) in [5, 5.41) is 0. The fraction of sp³-hybridized carbons (Fsp3) is 0.111. The third kappa shape index (κ3) is 1.83. The third-order valence-corrected chi connectivity index (χ3v) is 1.40. The first kappa shape index (κ1) is 8.74. The van der Waals surface area contributed by atoms with Crippen LogP contribution < -0.4 is 0 Å². The molecule has 0 radical (unpaired) electrons. The fourth-order valence-electron chi connectivity index (χ4n) is 0.846. The standard InChI is InChI=1S/C9H9FO2/c1-11-9(12-2)7-3-5-8(10)6-4-7/h3-6H,1H2,2H3. The number of rotatable bonds is 3. The van der Waals surface area contributed by atoms with E-state index in [0.717, 1.165) is 0 Å². The lowest BCUT2D eigenvalue weighted by Crippen LogP contribution is -2.01. The monoisotopic (exact) mass is 168 g/mol. The molecule has 0 aliphatic carbocycles. The molecule has 0 unspecified atom stereocenters. The highest BCUT2D eigenvalue weighted by molar-refractivity contribution is 5.25. The maximum Gasteiger partial charge on any atom is 0.384 e. The Kier molecular flexibility index (Phi) is 2.82. The molecule has 0 spiro atoms. The number of carbonyl (C=O) groups excluding carboxylic acids is 1. The number of methoxy groups -OCH3 is 1. The Hall–Kier alpha value is -1.35. The van der Waals surface area contributed by atoms with Crippen molar-refractivity contribution in [2.24, 2.45) is 0 Å². The van der Waals surface area contributed by atoms with Gasteiger partial charge in [0.25, 0.3) is 0 Å². The van der Waals surface area contributed by atoms with Crippen LogP contribution in [0.3, 0.4) is 0 Å². The van der Waals surface area contributed by atoms with E-state index in [1.165, 1.54) is 19.2 Å². The Morgan fingerprint density at radius 1 is 1.42 bits per heavy atom. The van der Waals surface area contributed by atoms with Gasteiger partial charge in [-0.1, -0.05) is 12.1 Å². The molecule has 12 heavy (non-hydrogen) atoms. The molecule has 0 atom stereocenters. The fourth-order valence-corrected chi connectivity index (χ4v) is 0.846. The normalized spacial score (nSPS) is 9.50. The highest BCUT2D eigenvalue weighted by Crippen LogP contribution is 2.13. The first-order chi connectivity index (χ1) is 5.77. The minimum atomic E-state index is -0.293. The minimum Gasteiger partial charge on any atom is -0.317 e. The summed E-state index contributed by atoms with van der Waals surface area (Å²) in [5.41, 5.74) is 0.661. The Labute approximate surface area is 70.3 Å². The molecule has 0 fully saturated rings. The van der Waals surface area contributed by atoms with Crippen LogP contribution in [0.5, 0.6) is 0 Å². The van der Waals surface area contributed by atoms with Gasteiger partial charge in [-0.3, -0.25) is 4.42 Å². The Balaban J connectivity index is 2.87. The Bertz CT molecular complexity index is 256. The van der Waals surface area contributed by atoms with Gasteiger partial charge < -0.3 is 4.74 Å². The molecule has 1 aromatic carbocycles. The lowest BCUT2D eigenvalue weighted by molar-refractivity contribution is -0.470. The molecular weight excluding hydrogens is 159 g/mol. The van der Waals surface area contributed by atoms with Gasteiger partial charge in [-0.2, -0.15) is 0 Å². The van der Waals surface area contributed by atoms with Crippen LogP contribution in [-0.2, 0) is 9.16 Å². The predicted molar refractivity (Wildman–Crippen MR) is 42.9 cm³/mol. The van der Waals surface area contributed by atoms with Crippen molar-refractivity contribution in [3.8, 4) is 0 Å². The first-order valence-electron chi connectivity index (χ1n) is 3.37. The van der Waals surface area contributed by atoms with Gasteiger partial charge in [-0.25, -0.2) is 4.39 Å². The molecule has 3 heteroatoms. The summed E-state index contributed by atoms with van der Waals surface area (Å²) in [6.07, 6.45) is 0.273. The van der Waals surface area contributed by atoms with Gasteiger partial charge in [0.15, 0.2) is 0 Å². The zero-order valence-corrected chi connectivity index (χ0v) is 6.71. The van der Waals surface area contributed by atoms with Crippen LogP contribution in [0.15, 0.2) is 24.3 Å². The molecule has 1 rings (SSSR count). The van der Waals surface area contributed by atoms with Gasteiger partial charge in [-0.05, 0) is 5.56 Å². The summed E-state index contributed by atoms with van der Waals surface area (Å²) in [6.45, 7) is 3.20. The molecule has 2 nitrogen and oxygen atoms in total. The minimum absolute atomic E-state index is 0.273. The molecule has 1 aromatic rings. The molecule has 64 valence electrons. The second-order valence-corrected chi connectivity index (χ2v) is 2.14. The molecule has 0 N–H and O–H groups in total. The van der Waals surface area contributed by atoms with Crippen molar-refractivity contribution in [1.82, 2.24) is 0 Å². The van der Waals surface area contributed by atoms with Crippen molar-refractivity contribution in [3.63, 3.8) is 0 Å². The molecule has 0 saturated carbocycles. The van der Waals surface area contributed by atoms with Crippen molar-refractivity contribution < 1.29 is 13.6 Å². The van der Waals surface area contributed by atoms with E-state index in [2.05, 4.69) is 11.2 Å². The summed E-state index contributed by atoms with van der Waals surface area (Å²) in [4.78, 5) is 0. The van der Waals surface area contributed by atoms with E-state index < -0.39 is 0 Å². The molecule has 0 amide bonds. The van der Waals surface area contributed by atoms with Gasteiger partial charge in [0.2, 0.25) is 6.79 Å². The molecular formula is C9H9FO2. The van der Waals surface area contributed by atoms with E-state index in [4.69, 9.17) is 4.74 Å².